The van der Waals surface area contributed by atoms with E-state index in [1.807, 2.05) is 12.1 Å². The van der Waals surface area contributed by atoms with Crippen LogP contribution in [0.2, 0.25) is 0 Å². The van der Waals surface area contributed by atoms with Gasteiger partial charge in [0.05, 0.1) is 9.85 Å². The summed E-state index contributed by atoms with van der Waals surface area (Å²) in [4.78, 5) is 42.1. The molecule has 10 heteroatoms. The van der Waals surface area contributed by atoms with Crippen LogP contribution in [0.1, 0.15) is 16.7 Å². The lowest BCUT2D eigenvalue weighted by Crippen LogP contribution is -2.36. The molecule has 0 fully saturated rings. The van der Waals surface area contributed by atoms with Crippen molar-refractivity contribution in [3.63, 3.8) is 0 Å². The summed E-state index contributed by atoms with van der Waals surface area (Å²) in [5.41, 5.74) is 1.92. The van der Waals surface area contributed by atoms with E-state index in [1.165, 1.54) is 24.3 Å². The minimum absolute atomic E-state index is 0.107. The van der Waals surface area contributed by atoms with Gasteiger partial charge >= 0.3 is 0 Å². The van der Waals surface area contributed by atoms with Crippen LogP contribution < -0.4 is 5.32 Å². The monoisotopic (exact) mass is 453 g/mol. The van der Waals surface area contributed by atoms with Crippen LogP contribution in [0.15, 0.2) is 73.1 Å². The zero-order valence-corrected chi connectivity index (χ0v) is 17.4. The van der Waals surface area contributed by atoms with E-state index in [4.69, 9.17) is 0 Å². The number of carbonyl (C=O) groups excluding carboxylic acids is 1. The van der Waals surface area contributed by atoms with Gasteiger partial charge in [-0.3, -0.25) is 25.0 Å². The molecule has 0 unspecified atom stereocenters. The maximum atomic E-state index is 13.9. The number of hydrogen-bond donors (Lipinski definition) is 3. The molecule has 6 rings (SSSR count). The first-order valence-electron chi connectivity index (χ1n) is 10.3. The van der Waals surface area contributed by atoms with Crippen LogP contribution in [0.25, 0.3) is 21.8 Å². The van der Waals surface area contributed by atoms with E-state index in [0.29, 0.717) is 44.2 Å². The average Bonchev–Trinajstić information content (AvgIpc) is 3.51. The van der Waals surface area contributed by atoms with Crippen molar-refractivity contribution in [1.29, 1.82) is 0 Å². The number of benzene rings is 3. The lowest BCUT2D eigenvalue weighted by atomic mass is 9.70. The number of rotatable bonds is 4. The zero-order chi connectivity index (χ0) is 23.6. The molecule has 166 valence electrons. The number of amides is 1. The number of nitro benzene ring substituents is 2. The maximum absolute atomic E-state index is 13.9. The summed E-state index contributed by atoms with van der Waals surface area (Å²) in [5.74, 6) is -0.353. The standard InChI is InChI=1S/C24H15N5O5/c30-23-24(17-3-1-2-4-22(17)27-23,18-11-25-20-7-5-13(28(31)32)9-15(18)20)19-12-26-21-8-6-14(29(33)34)10-16(19)21/h1-12,25-26H,(H,27,30). The molecule has 10 nitrogen and oxygen atoms in total. The molecular weight excluding hydrogens is 438 g/mol. The van der Waals surface area contributed by atoms with Crippen molar-refractivity contribution in [2.75, 3.05) is 5.32 Å². The summed E-state index contributed by atoms with van der Waals surface area (Å²) in [6.07, 6.45) is 3.35. The number of aromatic amines is 2. The summed E-state index contributed by atoms with van der Waals surface area (Å²) >= 11 is 0. The number of H-pyrrole nitrogens is 2. The SMILES string of the molecule is O=C1Nc2ccccc2C1(c1c[nH]c2ccc([N+](=O)[O-])cc12)c1c[nH]c2ccc([N+](=O)[O-])cc12. The van der Waals surface area contributed by atoms with Crippen LogP contribution in [0.4, 0.5) is 17.1 Å². The molecule has 0 bridgehead atoms. The smallest absolute Gasteiger partial charge is 0.270 e. The Morgan fingerprint density at radius 1 is 0.706 bits per heavy atom. The molecule has 0 saturated heterocycles. The van der Waals surface area contributed by atoms with Gasteiger partial charge in [0.25, 0.3) is 11.4 Å². The van der Waals surface area contributed by atoms with Crippen molar-refractivity contribution in [2.45, 2.75) is 5.41 Å². The molecule has 0 aliphatic carbocycles. The van der Waals surface area contributed by atoms with Gasteiger partial charge in [0.2, 0.25) is 5.91 Å². The van der Waals surface area contributed by atoms with Gasteiger partial charge in [-0.05, 0) is 18.2 Å². The molecule has 0 saturated carbocycles. The zero-order valence-electron chi connectivity index (χ0n) is 17.4. The highest BCUT2D eigenvalue weighted by molar-refractivity contribution is 6.15. The molecule has 1 aliphatic heterocycles. The highest BCUT2D eigenvalue weighted by atomic mass is 16.6. The number of aromatic nitrogens is 2. The Bertz CT molecular complexity index is 1590. The number of nitrogens with one attached hydrogen (secondary N) is 3. The van der Waals surface area contributed by atoms with Crippen LogP contribution in [0.3, 0.4) is 0 Å². The minimum atomic E-state index is -1.41. The molecule has 1 aliphatic rings. The molecule has 2 aromatic heterocycles. The molecule has 34 heavy (non-hydrogen) atoms. The number of anilines is 1. The second kappa shape index (κ2) is 6.75. The van der Waals surface area contributed by atoms with Gasteiger partial charge in [0.15, 0.2) is 0 Å². The predicted molar refractivity (Wildman–Crippen MR) is 125 cm³/mol. The molecule has 3 aromatic carbocycles. The summed E-state index contributed by atoms with van der Waals surface area (Å²) < 4.78 is 0. The number of hydrogen-bond acceptors (Lipinski definition) is 5. The highest BCUT2D eigenvalue weighted by Gasteiger charge is 2.52. The quantitative estimate of drug-likeness (QED) is 0.265. The van der Waals surface area contributed by atoms with Crippen molar-refractivity contribution in [1.82, 2.24) is 9.97 Å². The first-order chi connectivity index (χ1) is 16.4. The molecule has 3 N–H and O–H groups in total. The van der Waals surface area contributed by atoms with Crippen molar-refractivity contribution in [3.8, 4) is 0 Å². The Morgan fingerprint density at radius 2 is 1.24 bits per heavy atom. The second-order valence-electron chi connectivity index (χ2n) is 8.13. The molecule has 3 heterocycles. The van der Waals surface area contributed by atoms with E-state index in [0.717, 1.165) is 0 Å². The summed E-state index contributed by atoms with van der Waals surface area (Å²) in [5, 5.41) is 27.0. The summed E-state index contributed by atoms with van der Waals surface area (Å²) in [6.45, 7) is 0. The van der Waals surface area contributed by atoms with Gasteiger partial charge in [-0.2, -0.15) is 0 Å². The number of carbonyl (C=O) groups is 1. The number of fused-ring (bicyclic) bond motifs is 3. The third kappa shape index (κ3) is 2.47. The Morgan fingerprint density at radius 3 is 1.76 bits per heavy atom. The Kier molecular flexibility index (Phi) is 3.91. The summed E-state index contributed by atoms with van der Waals surface area (Å²) in [6, 6.07) is 16.1. The van der Waals surface area contributed by atoms with Crippen molar-refractivity contribution in [3.05, 3.63) is 110 Å². The Labute approximate surface area is 190 Å². The van der Waals surface area contributed by atoms with Gasteiger partial charge in [-0.15, -0.1) is 0 Å². The van der Waals surface area contributed by atoms with E-state index in [-0.39, 0.29) is 17.3 Å². The van der Waals surface area contributed by atoms with Gasteiger partial charge in [-0.25, -0.2) is 0 Å². The van der Waals surface area contributed by atoms with Gasteiger partial charge in [-0.1, -0.05) is 18.2 Å². The molecule has 0 atom stereocenters. The third-order valence-corrected chi connectivity index (χ3v) is 6.48. The Balaban J connectivity index is 1.76. The van der Waals surface area contributed by atoms with Crippen molar-refractivity contribution in [2.24, 2.45) is 0 Å². The topological polar surface area (TPSA) is 147 Å². The predicted octanol–water partition coefficient (Wildman–Crippen LogP) is 4.75. The average molecular weight is 453 g/mol. The van der Waals surface area contributed by atoms with Gasteiger partial charge < -0.3 is 15.3 Å². The number of para-hydroxylation sites is 1. The molecule has 0 spiro atoms. The van der Waals surface area contributed by atoms with E-state index in [9.17, 15) is 25.0 Å². The molecule has 1 amide bonds. The maximum Gasteiger partial charge on any atom is 0.270 e. The fraction of sp³-hybridized carbons (Fsp3) is 0.0417. The number of nitro groups is 2. The largest absolute Gasteiger partial charge is 0.361 e. The van der Waals surface area contributed by atoms with E-state index < -0.39 is 15.3 Å². The Hall–Kier alpha value is -4.99. The highest BCUT2D eigenvalue weighted by Crippen LogP contribution is 2.51. The molecular formula is C24H15N5O5. The van der Waals surface area contributed by atoms with Crippen molar-refractivity contribution >= 4 is 44.8 Å². The lowest BCUT2D eigenvalue weighted by molar-refractivity contribution is -0.384. The van der Waals surface area contributed by atoms with E-state index in [2.05, 4.69) is 15.3 Å². The first-order valence-corrected chi connectivity index (χ1v) is 10.3. The van der Waals surface area contributed by atoms with Gasteiger partial charge in [0, 0.05) is 80.8 Å². The van der Waals surface area contributed by atoms with E-state index >= 15 is 0 Å². The normalized spacial score (nSPS) is 14.3. The lowest BCUT2D eigenvalue weighted by Gasteiger charge is -2.27. The second-order valence-corrected chi connectivity index (χ2v) is 8.13. The van der Waals surface area contributed by atoms with Crippen LogP contribution in [-0.4, -0.2) is 25.7 Å². The van der Waals surface area contributed by atoms with Crippen LogP contribution >= 0.6 is 0 Å². The van der Waals surface area contributed by atoms with E-state index in [1.54, 1.807) is 36.7 Å². The van der Waals surface area contributed by atoms with Crippen LogP contribution in [-0.2, 0) is 10.2 Å². The fourth-order valence-corrected chi connectivity index (χ4v) is 5.00. The van der Waals surface area contributed by atoms with Crippen LogP contribution in [0, 0.1) is 20.2 Å². The van der Waals surface area contributed by atoms with Crippen LogP contribution in [0.5, 0.6) is 0 Å². The fourth-order valence-electron chi connectivity index (χ4n) is 5.00. The third-order valence-electron chi connectivity index (χ3n) is 6.48. The minimum Gasteiger partial charge on any atom is -0.361 e. The number of nitrogens with zero attached hydrogens (tertiary/aromatic N) is 2. The summed E-state index contributed by atoms with van der Waals surface area (Å²) in [7, 11) is 0. The van der Waals surface area contributed by atoms with Gasteiger partial charge in [0.1, 0.15) is 5.41 Å². The number of non-ortho nitro benzene ring substituents is 2. The first kappa shape index (κ1) is 19.7. The molecule has 0 radical (unpaired) electrons. The van der Waals surface area contributed by atoms with Crippen molar-refractivity contribution < 1.29 is 14.6 Å². The molecule has 5 aromatic rings.